The third-order valence-corrected chi connectivity index (χ3v) is 3.95. The molecule has 92 valence electrons. The first-order valence-corrected chi connectivity index (χ1v) is 6.45. The first-order chi connectivity index (χ1) is 8.22. The van der Waals surface area contributed by atoms with Gasteiger partial charge in [-0.05, 0) is 43.0 Å². The molecule has 0 saturated carbocycles. The lowest BCUT2D eigenvalue weighted by atomic mass is 10.0. The fourth-order valence-corrected chi connectivity index (χ4v) is 3.00. The van der Waals surface area contributed by atoms with E-state index in [-0.39, 0.29) is 0 Å². The number of nitrogen functional groups attached to an aromatic ring is 1. The van der Waals surface area contributed by atoms with Gasteiger partial charge in [0, 0.05) is 31.4 Å². The summed E-state index contributed by atoms with van der Waals surface area (Å²) < 4.78 is 5.62. The van der Waals surface area contributed by atoms with E-state index in [4.69, 9.17) is 10.5 Å². The Bertz CT molecular complexity index is 419. The minimum absolute atomic E-state index is 0.405. The van der Waals surface area contributed by atoms with Crippen LogP contribution in [0.25, 0.3) is 0 Å². The van der Waals surface area contributed by atoms with E-state index in [1.54, 1.807) is 0 Å². The number of benzene rings is 1. The highest BCUT2D eigenvalue weighted by atomic mass is 16.5. The number of nitrogens with two attached hydrogens (primary N) is 1. The van der Waals surface area contributed by atoms with Crippen LogP contribution in [0.15, 0.2) is 18.2 Å². The van der Waals surface area contributed by atoms with Crippen molar-refractivity contribution in [1.82, 2.24) is 4.90 Å². The lowest BCUT2D eigenvalue weighted by Gasteiger charge is -2.33. The van der Waals surface area contributed by atoms with E-state index < -0.39 is 0 Å². The van der Waals surface area contributed by atoms with Crippen LogP contribution in [0.3, 0.4) is 0 Å². The molecule has 0 amide bonds. The number of hydrogen-bond acceptors (Lipinski definition) is 3. The molecule has 1 aromatic carbocycles. The molecule has 3 rings (SSSR count). The van der Waals surface area contributed by atoms with Crippen LogP contribution in [0.1, 0.15) is 30.9 Å². The van der Waals surface area contributed by atoms with Gasteiger partial charge in [0.2, 0.25) is 0 Å². The van der Waals surface area contributed by atoms with E-state index in [0.717, 1.165) is 38.2 Å². The molecule has 2 heterocycles. The van der Waals surface area contributed by atoms with Gasteiger partial charge in [0.15, 0.2) is 0 Å². The molecular formula is C14H20N2O. The summed E-state index contributed by atoms with van der Waals surface area (Å²) in [5, 5.41) is 0. The van der Waals surface area contributed by atoms with Gasteiger partial charge < -0.3 is 10.5 Å². The molecule has 2 unspecified atom stereocenters. The van der Waals surface area contributed by atoms with Crippen molar-refractivity contribution in [2.75, 3.05) is 12.3 Å². The maximum absolute atomic E-state index is 5.84. The highest BCUT2D eigenvalue weighted by molar-refractivity contribution is 5.46. The highest BCUT2D eigenvalue weighted by Crippen LogP contribution is 2.30. The van der Waals surface area contributed by atoms with Gasteiger partial charge >= 0.3 is 0 Å². The summed E-state index contributed by atoms with van der Waals surface area (Å²) in [7, 11) is 0. The first-order valence-electron chi connectivity index (χ1n) is 6.45. The standard InChI is InChI=1S/C14H20N2O/c1-10-6-14(4-5-17-10)16-8-11-2-3-13(15)7-12(11)9-16/h2-3,7,10,14H,4-6,8-9,15H2,1H3. The number of hydrogen-bond donors (Lipinski definition) is 1. The van der Waals surface area contributed by atoms with E-state index in [0.29, 0.717) is 12.1 Å². The van der Waals surface area contributed by atoms with Crippen molar-refractivity contribution in [2.45, 2.75) is 45.0 Å². The van der Waals surface area contributed by atoms with E-state index in [2.05, 4.69) is 24.0 Å². The van der Waals surface area contributed by atoms with Crippen molar-refractivity contribution in [3.05, 3.63) is 29.3 Å². The van der Waals surface area contributed by atoms with E-state index in [1.165, 1.54) is 11.1 Å². The van der Waals surface area contributed by atoms with Gasteiger partial charge in [0.1, 0.15) is 0 Å². The SMILES string of the molecule is CC1CC(N2Cc3ccc(N)cc3C2)CCO1. The number of nitrogens with zero attached hydrogens (tertiary/aromatic N) is 1. The lowest BCUT2D eigenvalue weighted by molar-refractivity contribution is -0.0186. The van der Waals surface area contributed by atoms with E-state index in [9.17, 15) is 0 Å². The first kappa shape index (κ1) is 11.1. The summed E-state index contributed by atoms with van der Waals surface area (Å²) in [6.07, 6.45) is 2.72. The van der Waals surface area contributed by atoms with Crippen LogP contribution < -0.4 is 5.73 Å². The quantitative estimate of drug-likeness (QED) is 0.754. The highest BCUT2D eigenvalue weighted by Gasteiger charge is 2.29. The van der Waals surface area contributed by atoms with Gasteiger partial charge in [0.05, 0.1) is 6.10 Å². The monoisotopic (exact) mass is 232 g/mol. The molecule has 0 aliphatic carbocycles. The second kappa shape index (κ2) is 4.31. The molecule has 0 spiro atoms. The number of ether oxygens (including phenoxy) is 1. The molecule has 3 heteroatoms. The smallest absolute Gasteiger partial charge is 0.0561 e. The Balaban J connectivity index is 1.73. The van der Waals surface area contributed by atoms with Crippen LogP contribution in [0.2, 0.25) is 0 Å². The maximum Gasteiger partial charge on any atom is 0.0561 e. The van der Waals surface area contributed by atoms with Crippen molar-refractivity contribution >= 4 is 5.69 Å². The zero-order chi connectivity index (χ0) is 11.8. The van der Waals surface area contributed by atoms with Crippen molar-refractivity contribution in [3.63, 3.8) is 0 Å². The molecule has 3 nitrogen and oxygen atoms in total. The molecule has 0 aromatic heterocycles. The van der Waals surface area contributed by atoms with Crippen LogP contribution >= 0.6 is 0 Å². The van der Waals surface area contributed by atoms with Crippen molar-refractivity contribution in [3.8, 4) is 0 Å². The van der Waals surface area contributed by atoms with E-state index in [1.807, 2.05) is 6.07 Å². The molecule has 1 saturated heterocycles. The fourth-order valence-electron chi connectivity index (χ4n) is 3.00. The zero-order valence-corrected chi connectivity index (χ0v) is 10.4. The van der Waals surface area contributed by atoms with Crippen LogP contribution in [-0.2, 0) is 17.8 Å². The van der Waals surface area contributed by atoms with Crippen LogP contribution in [0.4, 0.5) is 5.69 Å². The van der Waals surface area contributed by atoms with Gasteiger partial charge in [-0.3, -0.25) is 4.90 Å². The largest absolute Gasteiger partial charge is 0.399 e. The van der Waals surface area contributed by atoms with Gasteiger partial charge in [-0.2, -0.15) is 0 Å². The molecule has 2 aliphatic rings. The molecule has 2 N–H and O–H groups in total. The van der Waals surface area contributed by atoms with Crippen molar-refractivity contribution in [1.29, 1.82) is 0 Å². The third kappa shape index (κ3) is 2.17. The summed E-state index contributed by atoms with van der Waals surface area (Å²) >= 11 is 0. The molecule has 2 atom stereocenters. The minimum atomic E-state index is 0.405. The van der Waals surface area contributed by atoms with Gasteiger partial charge in [0.25, 0.3) is 0 Å². The molecule has 0 bridgehead atoms. The predicted molar refractivity (Wildman–Crippen MR) is 68.5 cm³/mol. The second-order valence-electron chi connectivity index (χ2n) is 5.29. The molecule has 2 aliphatic heterocycles. The number of rotatable bonds is 1. The Labute approximate surface area is 103 Å². The number of anilines is 1. The molecule has 1 fully saturated rings. The van der Waals surface area contributed by atoms with Crippen LogP contribution in [0.5, 0.6) is 0 Å². The Morgan fingerprint density at radius 2 is 2.12 bits per heavy atom. The third-order valence-electron chi connectivity index (χ3n) is 3.95. The van der Waals surface area contributed by atoms with Crippen molar-refractivity contribution < 1.29 is 4.74 Å². The molecular weight excluding hydrogens is 212 g/mol. The fraction of sp³-hybridized carbons (Fsp3) is 0.571. The zero-order valence-electron chi connectivity index (χ0n) is 10.4. The Hall–Kier alpha value is -1.06. The minimum Gasteiger partial charge on any atom is -0.399 e. The Morgan fingerprint density at radius 3 is 2.94 bits per heavy atom. The Kier molecular flexibility index (Phi) is 2.81. The second-order valence-corrected chi connectivity index (χ2v) is 5.29. The predicted octanol–water partition coefficient (Wildman–Crippen LogP) is 2.15. The Morgan fingerprint density at radius 1 is 1.29 bits per heavy atom. The summed E-state index contributed by atoms with van der Waals surface area (Å²) in [6.45, 7) is 5.21. The van der Waals surface area contributed by atoms with Crippen LogP contribution in [-0.4, -0.2) is 23.7 Å². The van der Waals surface area contributed by atoms with Crippen molar-refractivity contribution in [2.24, 2.45) is 0 Å². The average Bonchev–Trinajstić information content (AvgIpc) is 2.72. The van der Waals surface area contributed by atoms with Gasteiger partial charge in [-0.25, -0.2) is 0 Å². The number of fused-ring (bicyclic) bond motifs is 1. The normalized spacial score (nSPS) is 29.2. The van der Waals surface area contributed by atoms with Gasteiger partial charge in [-0.1, -0.05) is 6.07 Å². The molecule has 0 radical (unpaired) electrons. The summed E-state index contributed by atoms with van der Waals surface area (Å²) in [5.41, 5.74) is 9.57. The van der Waals surface area contributed by atoms with Gasteiger partial charge in [-0.15, -0.1) is 0 Å². The lowest BCUT2D eigenvalue weighted by Crippen LogP contribution is -2.38. The average molecular weight is 232 g/mol. The maximum atomic E-state index is 5.84. The molecule has 1 aromatic rings. The summed E-state index contributed by atoms with van der Waals surface area (Å²) in [4.78, 5) is 2.57. The van der Waals surface area contributed by atoms with Crippen LogP contribution in [0, 0.1) is 0 Å². The topological polar surface area (TPSA) is 38.5 Å². The summed E-state index contributed by atoms with van der Waals surface area (Å²) in [5.74, 6) is 0. The summed E-state index contributed by atoms with van der Waals surface area (Å²) in [6, 6.07) is 6.98. The molecule has 17 heavy (non-hydrogen) atoms. The van der Waals surface area contributed by atoms with E-state index >= 15 is 0 Å².